The van der Waals surface area contributed by atoms with Crippen LogP contribution in [0.1, 0.15) is 71.3 Å². The summed E-state index contributed by atoms with van der Waals surface area (Å²) < 4.78 is 41.6. The highest BCUT2D eigenvalue weighted by atomic mass is 35.5. The van der Waals surface area contributed by atoms with Gasteiger partial charge < -0.3 is 10.0 Å². The number of carboxylic acids is 1. The molecule has 1 aromatic heterocycles. The zero-order valence-corrected chi connectivity index (χ0v) is 27.7. The number of imide groups is 1. The predicted octanol–water partition coefficient (Wildman–Crippen LogP) is 7.18. The number of urea groups is 1. The van der Waals surface area contributed by atoms with Crippen molar-refractivity contribution in [3.05, 3.63) is 106 Å². The molecule has 1 aliphatic heterocycles. The Bertz CT molecular complexity index is 1840. The van der Waals surface area contributed by atoms with Gasteiger partial charge in [-0.1, -0.05) is 35.0 Å². The van der Waals surface area contributed by atoms with E-state index in [4.69, 9.17) is 16.7 Å². The molecule has 1 fully saturated rings. The molecule has 2 heterocycles. The van der Waals surface area contributed by atoms with E-state index in [2.05, 4.69) is 25.7 Å². The first-order chi connectivity index (χ1) is 24.0. The fourth-order valence-electron chi connectivity index (χ4n) is 5.58. The first kappa shape index (κ1) is 36.1. The standard InChI is InChI=1S/C35H35ClF3N7O4/c36-31-16-11-24(20-30(31)35(37,38)39)21-40-42-34(50)46(29-14-12-28(13-15-29)44-17-4-1-5-18-44)33(49)26-8-6-7-25(19-26)22-45-23-27(41-43-45)9-2-3-10-32(47)48/h6-8,11-16,19-21,23H,1-5,9-10,17-18,22H2,(H,42,50)(H,47,48). The molecule has 0 saturated carbocycles. The summed E-state index contributed by atoms with van der Waals surface area (Å²) in [5.74, 6) is -1.50. The zero-order chi connectivity index (χ0) is 35.7. The Morgan fingerprint density at radius 3 is 2.48 bits per heavy atom. The summed E-state index contributed by atoms with van der Waals surface area (Å²) in [6.07, 6.45) is 3.28. The van der Waals surface area contributed by atoms with E-state index in [9.17, 15) is 27.6 Å². The van der Waals surface area contributed by atoms with Gasteiger partial charge in [-0.25, -0.2) is 19.8 Å². The van der Waals surface area contributed by atoms with Crippen molar-refractivity contribution in [2.24, 2.45) is 5.10 Å². The molecular formula is C35H35ClF3N7O4. The molecule has 0 bridgehead atoms. The first-order valence-corrected chi connectivity index (χ1v) is 16.4. The van der Waals surface area contributed by atoms with Crippen molar-refractivity contribution < 1.29 is 32.7 Å². The number of hydrogen-bond donors (Lipinski definition) is 2. The van der Waals surface area contributed by atoms with Gasteiger partial charge in [-0.05, 0) is 98.2 Å². The number of amides is 3. The molecule has 262 valence electrons. The molecule has 5 rings (SSSR count). The number of hydrazone groups is 1. The fraction of sp³-hybridized carbons (Fsp3) is 0.314. The molecule has 4 aromatic rings. The Hall–Kier alpha value is -5.24. The smallest absolute Gasteiger partial charge is 0.417 e. The monoisotopic (exact) mass is 709 g/mol. The van der Waals surface area contributed by atoms with Crippen LogP contribution in [0.25, 0.3) is 0 Å². The van der Waals surface area contributed by atoms with Crippen LogP contribution < -0.4 is 15.2 Å². The van der Waals surface area contributed by atoms with Crippen LogP contribution in [0.15, 0.2) is 78.0 Å². The van der Waals surface area contributed by atoms with Crippen LogP contribution in [0, 0.1) is 0 Å². The largest absolute Gasteiger partial charge is 0.481 e. The molecule has 0 radical (unpaired) electrons. The molecule has 0 aliphatic carbocycles. The number of carbonyl (C=O) groups excluding carboxylic acids is 2. The maximum atomic E-state index is 14.0. The van der Waals surface area contributed by atoms with Crippen LogP contribution in [-0.2, 0) is 23.9 Å². The van der Waals surface area contributed by atoms with E-state index in [1.807, 2.05) is 12.1 Å². The molecule has 2 N–H and O–H groups in total. The van der Waals surface area contributed by atoms with Gasteiger partial charge in [-0.2, -0.15) is 18.3 Å². The highest BCUT2D eigenvalue weighted by Crippen LogP contribution is 2.35. The lowest BCUT2D eigenvalue weighted by Crippen LogP contribution is -2.42. The van der Waals surface area contributed by atoms with Gasteiger partial charge in [0.2, 0.25) is 0 Å². The normalized spacial score (nSPS) is 13.4. The van der Waals surface area contributed by atoms with E-state index in [1.165, 1.54) is 6.07 Å². The number of hydrogen-bond acceptors (Lipinski definition) is 7. The summed E-state index contributed by atoms with van der Waals surface area (Å²) in [6.45, 7) is 2.09. The van der Waals surface area contributed by atoms with E-state index in [-0.39, 0.29) is 29.8 Å². The maximum Gasteiger partial charge on any atom is 0.417 e. The van der Waals surface area contributed by atoms with Gasteiger partial charge in [0.05, 0.1) is 34.7 Å². The molecule has 3 aromatic carbocycles. The number of piperidine rings is 1. The predicted molar refractivity (Wildman–Crippen MR) is 183 cm³/mol. The summed E-state index contributed by atoms with van der Waals surface area (Å²) in [5, 5.41) is 20.5. The number of carboxylic acid groups (broad SMARTS) is 1. The van der Waals surface area contributed by atoms with Gasteiger partial charge in [0.1, 0.15) is 0 Å². The molecule has 1 saturated heterocycles. The van der Waals surface area contributed by atoms with Crippen molar-refractivity contribution >= 4 is 47.1 Å². The number of aryl methyl sites for hydroxylation is 1. The second kappa shape index (κ2) is 16.4. The molecule has 15 heteroatoms. The van der Waals surface area contributed by atoms with Crippen LogP contribution >= 0.6 is 11.6 Å². The van der Waals surface area contributed by atoms with Crippen LogP contribution in [0.3, 0.4) is 0 Å². The third-order valence-corrected chi connectivity index (χ3v) is 8.41. The van der Waals surface area contributed by atoms with E-state index in [0.717, 1.165) is 61.3 Å². The molecule has 11 nitrogen and oxygen atoms in total. The maximum absolute atomic E-state index is 14.0. The van der Waals surface area contributed by atoms with Gasteiger partial charge in [-0.3, -0.25) is 9.59 Å². The highest BCUT2D eigenvalue weighted by Gasteiger charge is 2.33. The number of carbonyl (C=O) groups is 3. The summed E-state index contributed by atoms with van der Waals surface area (Å²) in [5.41, 5.74) is 4.11. The number of rotatable bonds is 12. The Balaban J connectivity index is 1.35. The third-order valence-electron chi connectivity index (χ3n) is 8.08. The van der Waals surface area contributed by atoms with E-state index in [1.54, 1.807) is 47.3 Å². The second-order valence-corrected chi connectivity index (χ2v) is 12.2. The number of unbranched alkanes of at least 4 members (excludes halogenated alkanes) is 1. The first-order valence-electron chi connectivity index (χ1n) is 16.1. The van der Waals surface area contributed by atoms with E-state index >= 15 is 0 Å². The average molecular weight is 710 g/mol. The Morgan fingerprint density at radius 2 is 1.76 bits per heavy atom. The van der Waals surface area contributed by atoms with Crippen LogP contribution in [0.2, 0.25) is 5.02 Å². The average Bonchev–Trinajstić information content (AvgIpc) is 3.54. The topological polar surface area (TPSA) is 133 Å². The number of halogens is 4. The summed E-state index contributed by atoms with van der Waals surface area (Å²) >= 11 is 5.71. The zero-order valence-electron chi connectivity index (χ0n) is 26.9. The van der Waals surface area contributed by atoms with Crippen molar-refractivity contribution in [1.29, 1.82) is 0 Å². The quantitative estimate of drug-likeness (QED) is 0.0905. The lowest BCUT2D eigenvalue weighted by atomic mass is 10.1. The van der Waals surface area contributed by atoms with Gasteiger partial charge in [0.25, 0.3) is 5.91 Å². The van der Waals surface area contributed by atoms with E-state index in [0.29, 0.717) is 30.5 Å². The molecule has 50 heavy (non-hydrogen) atoms. The summed E-state index contributed by atoms with van der Waals surface area (Å²) in [7, 11) is 0. The fourth-order valence-corrected chi connectivity index (χ4v) is 5.80. The minimum atomic E-state index is -4.68. The molecular weight excluding hydrogens is 675 g/mol. The Kier molecular flexibility index (Phi) is 11.9. The van der Waals surface area contributed by atoms with Gasteiger partial charge in [0.15, 0.2) is 0 Å². The number of aliphatic carboxylic acids is 1. The minimum absolute atomic E-state index is 0.0371. The SMILES string of the molecule is O=C(O)CCCCc1cn(Cc2cccc(C(=O)N(C(=O)NN=Cc3ccc(Cl)c(C(F)(F)F)c3)c3ccc(N4CCCCC4)cc3)c2)nn1. The number of anilines is 2. The number of aromatic nitrogens is 3. The minimum Gasteiger partial charge on any atom is -0.481 e. The van der Waals surface area contributed by atoms with Crippen molar-refractivity contribution in [3.8, 4) is 0 Å². The van der Waals surface area contributed by atoms with Crippen LogP contribution in [0.4, 0.5) is 29.3 Å². The number of benzene rings is 3. The number of nitrogens with one attached hydrogen (secondary N) is 1. The molecule has 1 aliphatic rings. The lowest BCUT2D eigenvalue weighted by Gasteiger charge is -2.29. The summed E-state index contributed by atoms with van der Waals surface area (Å²) in [6, 6.07) is 16.0. The van der Waals surface area contributed by atoms with Crippen molar-refractivity contribution in [3.63, 3.8) is 0 Å². The van der Waals surface area contributed by atoms with Crippen LogP contribution in [0.5, 0.6) is 0 Å². The van der Waals surface area contributed by atoms with Crippen molar-refractivity contribution in [1.82, 2.24) is 20.4 Å². The summed E-state index contributed by atoms with van der Waals surface area (Å²) in [4.78, 5) is 41.4. The molecule has 3 amide bonds. The highest BCUT2D eigenvalue weighted by molar-refractivity contribution is 6.31. The Morgan fingerprint density at radius 1 is 1.00 bits per heavy atom. The lowest BCUT2D eigenvalue weighted by molar-refractivity contribution is -0.138. The molecule has 0 atom stereocenters. The van der Waals surface area contributed by atoms with Crippen molar-refractivity contribution in [2.45, 2.75) is 57.7 Å². The Labute approximate surface area is 291 Å². The van der Waals surface area contributed by atoms with Gasteiger partial charge in [0, 0.05) is 37.0 Å². The van der Waals surface area contributed by atoms with Gasteiger partial charge in [-0.15, -0.1) is 5.10 Å². The third kappa shape index (κ3) is 9.68. The molecule has 0 spiro atoms. The van der Waals surface area contributed by atoms with E-state index < -0.39 is 34.7 Å². The van der Waals surface area contributed by atoms with Crippen LogP contribution in [-0.4, -0.2) is 57.3 Å². The van der Waals surface area contributed by atoms with Gasteiger partial charge >= 0.3 is 18.2 Å². The number of nitrogens with zero attached hydrogens (tertiary/aromatic N) is 6. The molecule has 0 unspecified atom stereocenters. The number of alkyl halides is 3. The second-order valence-electron chi connectivity index (χ2n) is 11.8. The van der Waals surface area contributed by atoms with Crippen molar-refractivity contribution in [2.75, 3.05) is 22.9 Å².